The Morgan fingerprint density at radius 3 is 2.59 bits per heavy atom. The lowest BCUT2D eigenvalue weighted by Gasteiger charge is -2.22. The smallest absolute Gasteiger partial charge is 0.260 e. The van der Waals surface area contributed by atoms with Crippen LogP contribution in [0.4, 0.5) is 0 Å². The van der Waals surface area contributed by atoms with Crippen LogP contribution in [0.2, 0.25) is 0 Å². The third-order valence-electron chi connectivity index (χ3n) is 4.79. The van der Waals surface area contributed by atoms with Crippen molar-refractivity contribution in [2.45, 2.75) is 50.4 Å². The van der Waals surface area contributed by atoms with Crippen molar-refractivity contribution in [2.75, 3.05) is 13.1 Å². The van der Waals surface area contributed by atoms with Crippen molar-refractivity contribution in [1.82, 2.24) is 15.7 Å². The number of rotatable bonds is 9. The molecule has 0 bridgehead atoms. The number of unbranched alkanes of at least 4 members (excludes halogenated alkanes) is 1. The van der Waals surface area contributed by atoms with Gasteiger partial charge in [0.05, 0.1) is 12.1 Å². The molecule has 3 atom stereocenters. The first-order valence-electron chi connectivity index (χ1n) is 9.16. The molecule has 9 heteroatoms. The SMILES string of the molecule is NCCCC[C@H](N)C(=O)N[C@H]1C[C@@H](C(=O)NO)N(Cc2ccc(O)cc2)C1. The second kappa shape index (κ2) is 10.2. The van der Waals surface area contributed by atoms with Crippen LogP contribution in [0.1, 0.15) is 31.2 Å². The number of carbonyl (C=O) groups is 2. The van der Waals surface area contributed by atoms with Crippen LogP contribution >= 0.6 is 0 Å². The molecule has 9 nitrogen and oxygen atoms in total. The van der Waals surface area contributed by atoms with E-state index in [4.69, 9.17) is 16.7 Å². The largest absolute Gasteiger partial charge is 0.508 e. The van der Waals surface area contributed by atoms with Gasteiger partial charge >= 0.3 is 0 Å². The lowest BCUT2D eigenvalue weighted by molar-refractivity contribution is -0.134. The van der Waals surface area contributed by atoms with Crippen LogP contribution in [-0.4, -0.2) is 58.2 Å². The predicted molar refractivity (Wildman–Crippen MR) is 99.7 cm³/mol. The van der Waals surface area contributed by atoms with Gasteiger partial charge in [0.2, 0.25) is 5.91 Å². The van der Waals surface area contributed by atoms with Crippen molar-refractivity contribution < 1.29 is 19.9 Å². The van der Waals surface area contributed by atoms with Gasteiger partial charge in [0.15, 0.2) is 0 Å². The van der Waals surface area contributed by atoms with E-state index in [-0.39, 0.29) is 17.7 Å². The van der Waals surface area contributed by atoms with E-state index in [0.29, 0.717) is 32.5 Å². The molecule has 0 aromatic heterocycles. The van der Waals surface area contributed by atoms with Crippen LogP contribution in [0.25, 0.3) is 0 Å². The summed E-state index contributed by atoms with van der Waals surface area (Å²) in [5, 5.41) is 21.3. The zero-order chi connectivity index (χ0) is 19.8. The Balaban J connectivity index is 1.96. The van der Waals surface area contributed by atoms with Crippen molar-refractivity contribution in [2.24, 2.45) is 11.5 Å². The van der Waals surface area contributed by atoms with Crippen molar-refractivity contribution in [1.29, 1.82) is 0 Å². The Morgan fingerprint density at radius 1 is 1.26 bits per heavy atom. The summed E-state index contributed by atoms with van der Waals surface area (Å²) in [6, 6.07) is 5.27. The second-order valence-corrected chi connectivity index (χ2v) is 6.92. The molecule has 2 rings (SSSR count). The maximum absolute atomic E-state index is 12.3. The van der Waals surface area contributed by atoms with Crippen molar-refractivity contribution >= 4 is 11.8 Å². The number of phenols is 1. The van der Waals surface area contributed by atoms with E-state index in [9.17, 15) is 14.7 Å². The lowest BCUT2D eigenvalue weighted by atomic mass is 10.1. The van der Waals surface area contributed by atoms with Crippen LogP contribution in [0.5, 0.6) is 5.75 Å². The highest BCUT2D eigenvalue weighted by Gasteiger charge is 2.37. The summed E-state index contributed by atoms with van der Waals surface area (Å²) in [5.41, 5.74) is 14.0. The van der Waals surface area contributed by atoms with Gasteiger partial charge in [0.1, 0.15) is 5.75 Å². The molecule has 1 aromatic rings. The molecule has 1 aliphatic heterocycles. The maximum atomic E-state index is 12.3. The molecule has 0 aliphatic carbocycles. The van der Waals surface area contributed by atoms with Crippen LogP contribution in [0, 0.1) is 0 Å². The Labute approximate surface area is 158 Å². The first-order chi connectivity index (χ1) is 12.9. The summed E-state index contributed by atoms with van der Waals surface area (Å²) in [6.07, 6.45) is 2.56. The van der Waals surface area contributed by atoms with Gasteiger partial charge in [-0.05, 0) is 43.5 Å². The van der Waals surface area contributed by atoms with Gasteiger partial charge in [-0.15, -0.1) is 0 Å². The highest BCUT2D eigenvalue weighted by atomic mass is 16.5. The van der Waals surface area contributed by atoms with Gasteiger partial charge in [-0.3, -0.25) is 19.7 Å². The molecule has 2 amide bonds. The Bertz CT molecular complexity index is 625. The summed E-state index contributed by atoms with van der Waals surface area (Å²) in [6.45, 7) is 1.48. The van der Waals surface area contributed by atoms with Gasteiger partial charge < -0.3 is 21.9 Å². The molecule has 0 unspecified atom stereocenters. The number of likely N-dealkylation sites (tertiary alicyclic amines) is 1. The van der Waals surface area contributed by atoms with Gasteiger partial charge in [-0.25, -0.2) is 5.48 Å². The highest BCUT2D eigenvalue weighted by Crippen LogP contribution is 2.22. The number of nitrogens with zero attached hydrogens (tertiary/aromatic N) is 1. The van der Waals surface area contributed by atoms with E-state index in [1.54, 1.807) is 29.7 Å². The lowest BCUT2D eigenvalue weighted by Crippen LogP contribution is -2.46. The molecule has 0 radical (unpaired) electrons. The highest BCUT2D eigenvalue weighted by molar-refractivity contribution is 5.83. The molecule has 1 saturated heterocycles. The molecule has 150 valence electrons. The van der Waals surface area contributed by atoms with Crippen LogP contribution in [0.15, 0.2) is 24.3 Å². The molecule has 1 aromatic carbocycles. The number of aromatic hydroxyl groups is 1. The first-order valence-corrected chi connectivity index (χ1v) is 9.16. The average Bonchev–Trinajstić information content (AvgIpc) is 3.05. The van der Waals surface area contributed by atoms with E-state index >= 15 is 0 Å². The van der Waals surface area contributed by atoms with Gasteiger partial charge in [-0.2, -0.15) is 0 Å². The number of benzene rings is 1. The van der Waals surface area contributed by atoms with Crippen molar-refractivity contribution in [3.05, 3.63) is 29.8 Å². The van der Waals surface area contributed by atoms with Crippen LogP contribution < -0.4 is 22.3 Å². The molecular weight excluding hydrogens is 350 g/mol. The fraction of sp³-hybridized carbons (Fsp3) is 0.556. The molecule has 27 heavy (non-hydrogen) atoms. The zero-order valence-electron chi connectivity index (χ0n) is 15.3. The molecule has 1 heterocycles. The molecule has 8 N–H and O–H groups in total. The summed E-state index contributed by atoms with van der Waals surface area (Å²) < 4.78 is 0. The number of hydroxylamine groups is 1. The van der Waals surface area contributed by atoms with E-state index in [0.717, 1.165) is 18.4 Å². The van der Waals surface area contributed by atoms with Gasteiger partial charge in [0, 0.05) is 19.1 Å². The Hall–Kier alpha value is -2.20. The Kier molecular flexibility index (Phi) is 7.99. The third-order valence-corrected chi connectivity index (χ3v) is 4.79. The molecule has 0 spiro atoms. The number of nitrogens with two attached hydrogens (primary N) is 2. The summed E-state index contributed by atoms with van der Waals surface area (Å²) >= 11 is 0. The van der Waals surface area contributed by atoms with Crippen molar-refractivity contribution in [3.63, 3.8) is 0 Å². The van der Waals surface area contributed by atoms with Crippen LogP contribution in [-0.2, 0) is 16.1 Å². The zero-order valence-corrected chi connectivity index (χ0v) is 15.3. The number of hydrogen-bond donors (Lipinski definition) is 6. The molecule has 1 fully saturated rings. The van der Waals surface area contributed by atoms with E-state index < -0.39 is 18.0 Å². The van der Waals surface area contributed by atoms with Crippen LogP contribution in [0.3, 0.4) is 0 Å². The first kappa shape index (κ1) is 21.1. The molecular formula is C18H29N5O4. The fourth-order valence-electron chi connectivity index (χ4n) is 3.31. The van der Waals surface area contributed by atoms with Crippen molar-refractivity contribution in [3.8, 4) is 5.75 Å². The molecule has 1 aliphatic rings. The topological polar surface area (TPSA) is 154 Å². The average molecular weight is 379 g/mol. The van der Waals surface area contributed by atoms with Gasteiger partial charge in [-0.1, -0.05) is 18.6 Å². The normalized spacial score (nSPS) is 21.0. The van der Waals surface area contributed by atoms with Gasteiger partial charge in [0.25, 0.3) is 5.91 Å². The predicted octanol–water partition coefficient (Wildman–Crippen LogP) is -0.587. The number of nitrogens with one attached hydrogen (secondary N) is 2. The quantitative estimate of drug-likeness (QED) is 0.190. The van der Waals surface area contributed by atoms with E-state index in [1.165, 1.54) is 0 Å². The standard InChI is InChI=1S/C18H29N5O4/c19-8-2-1-3-15(20)17(25)21-13-9-16(18(26)22-27)23(11-13)10-12-4-6-14(24)7-5-12/h4-7,13,15-16,24,27H,1-3,8-11,19-20H2,(H,21,25)(H,22,26)/t13-,15-,16-/m0/s1. The van der Waals surface area contributed by atoms with E-state index in [1.807, 2.05) is 4.90 Å². The minimum atomic E-state index is -0.604. The summed E-state index contributed by atoms with van der Waals surface area (Å²) in [4.78, 5) is 26.2. The fourth-order valence-corrected chi connectivity index (χ4v) is 3.31. The number of hydrogen-bond acceptors (Lipinski definition) is 7. The number of carbonyl (C=O) groups excluding carboxylic acids is 2. The Morgan fingerprint density at radius 2 is 1.96 bits per heavy atom. The number of amides is 2. The second-order valence-electron chi connectivity index (χ2n) is 6.92. The molecule has 0 saturated carbocycles. The third kappa shape index (κ3) is 6.17. The number of phenolic OH excluding ortho intramolecular Hbond substituents is 1. The summed E-state index contributed by atoms with van der Waals surface area (Å²) in [5.74, 6) is -0.594. The minimum absolute atomic E-state index is 0.165. The maximum Gasteiger partial charge on any atom is 0.260 e. The summed E-state index contributed by atoms with van der Waals surface area (Å²) in [7, 11) is 0. The monoisotopic (exact) mass is 379 g/mol. The minimum Gasteiger partial charge on any atom is -0.508 e. The van der Waals surface area contributed by atoms with E-state index in [2.05, 4.69) is 5.32 Å².